The first-order chi connectivity index (χ1) is 16.9. The van der Waals surface area contributed by atoms with Crippen molar-refractivity contribution in [3.05, 3.63) is 77.6 Å². The lowest BCUT2D eigenvalue weighted by Crippen LogP contribution is -2.38. The van der Waals surface area contributed by atoms with Gasteiger partial charge in [-0.15, -0.1) is 0 Å². The van der Waals surface area contributed by atoms with Crippen molar-refractivity contribution in [1.29, 1.82) is 0 Å². The van der Waals surface area contributed by atoms with Crippen molar-refractivity contribution in [1.82, 2.24) is 0 Å². The molecule has 0 atom stereocenters. The van der Waals surface area contributed by atoms with Crippen LogP contribution in [0.25, 0.3) is 0 Å². The summed E-state index contributed by atoms with van der Waals surface area (Å²) < 4.78 is 91.3. The molecule has 0 aromatic heterocycles. The molecule has 3 aromatic carbocycles. The molecule has 192 valence electrons. The number of halogens is 4. The summed E-state index contributed by atoms with van der Waals surface area (Å²) in [4.78, 5) is 12.6. The minimum Gasteiger partial charge on any atom is -0.497 e. The van der Waals surface area contributed by atoms with E-state index in [4.69, 9.17) is 9.47 Å². The topological polar surface area (TPSA) is 84.9 Å². The quantitative estimate of drug-likeness (QED) is 0.418. The summed E-state index contributed by atoms with van der Waals surface area (Å²) in [5.41, 5.74) is -1.26. The van der Waals surface area contributed by atoms with Crippen LogP contribution in [0.4, 0.5) is 28.9 Å². The molecule has 36 heavy (non-hydrogen) atoms. The first-order valence-corrected chi connectivity index (χ1v) is 11.8. The Hall–Kier alpha value is -3.80. The molecule has 0 bridgehead atoms. The van der Waals surface area contributed by atoms with Crippen LogP contribution < -0.4 is 19.1 Å². The number of alkyl halides is 3. The molecule has 0 unspecified atom stereocenters. The second kappa shape index (κ2) is 10.4. The number of methoxy groups -OCH3 is 2. The van der Waals surface area contributed by atoms with E-state index >= 15 is 0 Å². The first kappa shape index (κ1) is 26.8. The van der Waals surface area contributed by atoms with Crippen molar-refractivity contribution in [3.63, 3.8) is 0 Å². The SMILES string of the molecule is COc1cccc(N(CC(=O)Nc2ccc(F)c(C(F)(F)F)c2)S(=O)(=O)c2cc(C)ccc2OC)c1. The Morgan fingerprint density at radius 1 is 1.00 bits per heavy atom. The third-order valence-electron chi connectivity index (χ3n) is 5.07. The normalized spacial score (nSPS) is 11.6. The number of aryl methyl sites for hydroxylation is 1. The standard InChI is InChI=1S/C24H22F4N2O5S/c1-15-7-10-21(35-3)22(11-15)36(32,33)30(17-5-4-6-18(13-17)34-2)14-23(31)29-16-8-9-20(25)19(12-16)24(26,27)28/h4-13H,14H2,1-3H3,(H,29,31). The number of nitrogens with zero attached hydrogens (tertiary/aromatic N) is 1. The Bertz CT molecular complexity index is 1380. The van der Waals surface area contributed by atoms with Crippen molar-refractivity contribution in [3.8, 4) is 11.5 Å². The van der Waals surface area contributed by atoms with E-state index in [0.717, 1.165) is 10.4 Å². The van der Waals surface area contributed by atoms with Crippen LogP contribution in [-0.4, -0.2) is 35.1 Å². The number of hydrogen-bond donors (Lipinski definition) is 1. The predicted molar refractivity (Wildman–Crippen MR) is 125 cm³/mol. The largest absolute Gasteiger partial charge is 0.497 e. The number of amides is 1. The van der Waals surface area contributed by atoms with Crippen LogP contribution in [0, 0.1) is 12.7 Å². The second-order valence-electron chi connectivity index (χ2n) is 7.61. The lowest BCUT2D eigenvalue weighted by Gasteiger charge is -2.25. The van der Waals surface area contributed by atoms with Gasteiger partial charge >= 0.3 is 6.18 Å². The monoisotopic (exact) mass is 526 g/mol. The van der Waals surface area contributed by atoms with Gasteiger partial charge < -0.3 is 14.8 Å². The summed E-state index contributed by atoms with van der Waals surface area (Å²) in [5.74, 6) is -2.14. The molecule has 0 radical (unpaired) electrons. The van der Waals surface area contributed by atoms with Crippen LogP contribution >= 0.6 is 0 Å². The Balaban J connectivity index is 2.03. The van der Waals surface area contributed by atoms with Crippen molar-refractivity contribution in [2.75, 3.05) is 30.4 Å². The molecule has 7 nitrogen and oxygen atoms in total. The molecule has 3 rings (SSSR count). The first-order valence-electron chi connectivity index (χ1n) is 10.3. The van der Waals surface area contributed by atoms with Crippen molar-refractivity contribution in [2.24, 2.45) is 0 Å². The molecule has 0 fully saturated rings. The van der Waals surface area contributed by atoms with E-state index in [1.165, 1.54) is 44.6 Å². The van der Waals surface area contributed by atoms with Gasteiger partial charge in [0.05, 0.1) is 25.5 Å². The maximum atomic E-state index is 13.7. The van der Waals surface area contributed by atoms with E-state index in [2.05, 4.69) is 5.32 Å². The number of carbonyl (C=O) groups excluding carboxylic acids is 1. The zero-order valence-corrected chi connectivity index (χ0v) is 20.2. The second-order valence-corrected chi connectivity index (χ2v) is 9.44. The van der Waals surface area contributed by atoms with Crippen LogP contribution in [0.3, 0.4) is 0 Å². The van der Waals surface area contributed by atoms with E-state index in [-0.39, 0.29) is 22.0 Å². The highest BCUT2D eigenvalue weighted by atomic mass is 32.2. The molecule has 1 N–H and O–H groups in total. The fourth-order valence-corrected chi connectivity index (χ4v) is 4.99. The van der Waals surface area contributed by atoms with Crippen molar-refractivity contribution >= 4 is 27.3 Å². The van der Waals surface area contributed by atoms with Gasteiger partial charge in [-0.05, 0) is 55.0 Å². The fourth-order valence-electron chi connectivity index (χ4n) is 3.34. The minimum absolute atomic E-state index is 0.0299. The highest BCUT2D eigenvalue weighted by Crippen LogP contribution is 2.34. The molecule has 0 saturated carbocycles. The van der Waals surface area contributed by atoms with Gasteiger partial charge in [0.1, 0.15) is 28.8 Å². The van der Waals surface area contributed by atoms with Crippen LogP contribution in [0.15, 0.2) is 65.6 Å². The molecule has 0 aliphatic heterocycles. The van der Waals surface area contributed by atoms with Crippen LogP contribution in [0.1, 0.15) is 11.1 Å². The highest BCUT2D eigenvalue weighted by Gasteiger charge is 2.35. The maximum Gasteiger partial charge on any atom is 0.419 e. The molecular formula is C24H22F4N2O5S. The summed E-state index contributed by atoms with van der Waals surface area (Å²) >= 11 is 0. The van der Waals surface area contributed by atoms with Gasteiger partial charge in [-0.3, -0.25) is 9.10 Å². The molecule has 0 heterocycles. The highest BCUT2D eigenvalue weighted by molar-refractivity contribution is 7.93. The van der Waals surface area contributed by atoms with E-state index < -0.39 is 40.0 Å². The average molecular weight is 527 g/mol. The third kappa shape index (κ3) is 5.88. The smallest absolute Gasteiger partial charge is 0.419 e. The van der Waals surface area contributed by atoms with Gasteiger partial charge in [-0.1, -0.05) is 12.1 Å². The maximum absolute atomic E-state index is 13.7. The van der Waals surface area contributed by atoms with Gasteiger partial charge in [-0.2, -0.15) is 13.2 Å². The van der Waals surface area contributed by atoms with Gasteiger partial charge in [-0.25, -0.2) is 12.8 Å². The van der Waals surface area contributed by atoms with Gasteiger partial charge in [0.25, 0.3) is 10.0 Å². The number of hydrogen-bond acceptors (Lipinski definition) is 5. The molecule has 3 aromatic rings. The summed E-state index contributed by atoms with van der Waals surface area (Å²) in [5, 5.41) is 2.20. The number of ether oxygens (including phenoxy) is 2. The molecule has 0 aliphatic rings. The van der Waals surface area contributed by atoms with Crippen LogP contribution in [0.5, 0.6) is 11.5 Å². The zero-order valence-electron chi connectivity index (χ0n) is 19.4. The number of sulfonamides is 1. The molecule has 12 heteroatoms. The van der Waals surface area contributed by atoms with Gasteiger partial charge in [0, 0.05) is 11.8 Å². The number of anilines is 2. The Labute approximate surface area is 205 Å². The van der Waals surface area contributed by atoms with Gasteiger partial charge in [0.2, 0.25) is 5.91 Å². The molecule has 1 amide bonds. The summed E-state index contributed by atoms with van der Waals surface area (Å²) in [6, 6.07) is 12.3. The predicted octanol–water partition coefficient (Wildman–Crippen LogP) is 5.00. The van der Waals surface area contributed by atoms with E-state index in [1.54, 1.807) is 19.1 Å². The lowest BCUT2D eigenvalue weighted by molar-refractivity contribution is -0.140. The molecule has 0 spiro atoms. The Morgan fingerprint density at radius 3 is 2.36 bits per heavy atom. The van der Waals surface area contributed by atoms with E-state index in [9.17, 15) is 30.8 Å². The summed E-state index contributed by atoms with van der Waals surface area (Å²) in [7, 11) is -1.75. The average Bonchev–Trinajstić information content (AvgIpc) is 2.83. The number of nitrogens with one attached hydrogen (secondary N) is 1. The lowest BCUT2D eigenvalue weighted by atomic mass is 10.2. The van der Waals surface area contributed by atoms with Crippen LogP contribution in [-0.2, 0) is 21.0 Å². The zero-order chi connectivity index (χ0) is 26.7. The van der Waals surface area contributed by atoms with Crippen molar-refractivity contribution < 1.29 is 40.2 Å². The molecular weight excluding hydrogens is 504 g/mol. The Kier molecular flexibility index (Phi) is 7.77. The van der Waals surface area contributed by atoms with Gasteiger partial charge in [0.15, 0.2) is 0 Å². The number of rotatable bonds is 8. The fraction of sp³-hybridized carbons (Fsp3) is 0.208. The van der Waals surface area contributed by atoms with E-state index in [1.807, 2.05) is 0 Å². The van der Waals surface area contributed by atoms with Crippen LogP contribution in [0.2, 0.25) is 0 Å². The Morgan fingerprint density at radius 2 is 1.72 bits per heavy atom. The molecule has 0 saturated heterocycles. The van der Waals surface area contributed by atoms with E-state index in [0.29, 0.717) is 23.4 Å². The summed E-state index contributed by atoms with van der Waals surface area (Å²) in [6.07, 6.45) is -4.98. The third-order valence-corrected chi connectivity index (χ3v) is 6.87. The molecule has 0 aliphatic carbocycles. The van der Waals surface area contributed by atoms with Crippen molar-refractivity contribution in [2.45, 2.75) is 18.0 Å². The number of carbonyl (C=O) groups is 1. The summed E-state index contributed by atoms with van der Waals surface area (Å²) in [6.45, 7) is 0.860. The number of benzene rings is 3. The minimum atomic E-state index is -4.98.